The van der Waals surface area contributed by atoms with E-state index in [1.807, 2.05) is 0 Å². The van der Waals surface area contributed by atoms with Gasteiger partial charge < -0.3 is 5.73 Å². The summed E-state index contributed by atoms with van der Waals surface area (Å²) in [5.74, 6) is 1.69. The summed E-state index contributed by atoms with van der Waals surface area (Å²) in [6.07, 6.45) is 7.00. The summed E-state index contributed by atoms with van der Waals surface area (Å²) in [6, 6.07) is 0.516. The fraction of sp³-hybridized carbons (Fsp3) is 1.00. The van der Waals surface area contributed by atoms with Gasteiger partial charge in [-0.3, -0.25) is 0 Å². The molecule has 0 radical (unpaired) electrons. The van der Waals surface area contributed by atoms with E-state index < -0.39 is 0 Å². The molecule has 0 saturated heterocycles. The third kappa shape index (κ3) is 1.39. The summed E-state index contributed by atoms with van der Waals surface area (Å²) in [5.41, 5.74) is 6.83. The first kappa shape index (κ1) is 8.55. The lowest BCUT2D eigenvalue weighted by molar-refractivity contribution is 0.356. The third-order valence-corrected chi connectivity index (χ3v) is 4.00. The molecular formula is C11H21N. The Bertz CT molecular complexity index is 163. The fourth-order valence-corrected chi connectivity index (χ4v) is 2.84. The molecule has 2 atom stereocenters. The van der Waals surface area contributed by atoms with E-state index in [1.54, 1.807) is 0 Å². The van der Waals surface area contributed by atoms with Crippen LogP contribution in [0.1, 0.15) is 46.0 Å². The summed E-state index contributed by atoms with van der Waals surface area (Å²) < 4.78 is 0. The van der Waals surface area contributed by atoms with Crippen LogP contribution in [-0.2, 0) is 0 Å². The van der Waals surface area contributed by atoms with E-state index in [0.29, 0.717) is 11.5 Å². The molecule has 2 N–H and O–H groups in total. The van der Waals surface area contributed by atoms with E-state index >= 15 is 0 Å². The maximum atomic E-state index is 6.26. The Balaban J connectivity index is 1.88. The molecule has 2 rings (SSSR count). The summed E-state index contributed by atoms with van der Waals surface area (Å²) in [4.78, 5) is 0. The van der Waals surface area contributed by atoms with Gasteiger partial charge >= 0.3 is 0 Å². The normalized spacial score (nSPS) is 36.8. The van der Waals surface area contributed by atoms with Gasteiger partial charge in [0.05, 0.1) is 0 Å². The van der Waals surface area contributed by atoms with Gasteiger partial charge in [-0.05, 0) is 36.5 Å². The van der Waals surface area contributed by atoms with E-state index in [2.05, 4.69) is 13.8 Å². The average Bonchev–Trinajstić information content (AvgIpc) is 2.56. The van der Waals surface area contributed by atoms with Crippen molar-refractivity contribution in [3.8, 4) is 0 Å². The van der Waals surface area contributed by atoms with Gasteiger partial charge in [0, 0.05) is 6.04 Å². The molecule has 2 aliphatic carbocycles. The van der Waals surface area contributed by atoms with E-state index in [1.165, 1.54) is 32.1 Å². The second kappa shape index (κ2) is 2.73. The predicted molar refractivity (Wildman–Crippen MR) is 51.8 cm³/mol. The zero-order chi connectivity index (χ0) is 8.77. The third-order valence-electron chi connectivity index (χ3n) is 4.00. The Kier molecular flexibility index (Phi) is 1.95. The largest absolute Gasteiger partial charge is 0.327 e. The Morgan fingerprint density at radius 3 is 2.17 bits per heavy atom. The molecular weight excluding hydrogens is 146 g/mol. The molecule has 70 valence electrons. The van der Waals surface area contributed by atoms with Crippen LogP contribution in [0.5, 0.6) is 0 Å². The van der Waals surface area contributed by atoms with Crippen LogP contribution in [0.25, 0.3) is 0 Å². The van der Waals surface area contributed by atoms with Gasteiger partial charge in [0.1, 0.15) is 0 Å². The molecule has 2 unspecified atom stereocenters. The number of nitrogens with two attached hydrogens (primary N) is 1. The van der Waals surface area contributed by atoms with Gasteiger partial charge in [0.2, 0.25) is 0 Å². The van der Waals surface area contributed by atoms with Gasteiger partial charge in [-0.15, -0.1) is 0 Å². The van der Waals surface area contributed by atoms with Crippen molar-refractivity contribution in [1.29, 1.82) is 0 Å². The zero-order valence-electron chi connectivity index (χ0n) is 8.34. The minimum atomic E-state index is 0.516. The van der Waals surface area contributed by atoms with Gasteiger partial charge in [-0.2, -0.15) is 0 Å². The Labute approximate surface area is 75.7 Å². The summed E-state index contributed by atoms with van der Waals surface area (Å²) in [6.45, 7) is 4.71. The number of rotatable bonds is 2. The second-order valence-electron chi connectivity index (χ2n) is 5.42. The highest BCUT2D eigenvalue weighted by atomic mass is 14.7. The van der Waals surface area contributed by atoms with Crippen molar-refractivity contribution < 1.29 is 0 Å². The molecule has 12 heavy (non-hydrogen) atoms. The van der Waals surface area contributed by atoms with E-state index in [-0.39, 0.29) is 0 Å². The van der Waals surface area contributed by atoms with Crippen molar-refractivity contribution in [3.63, 3.8) is 0 Å². The molecule has 2 aliphatic rings. The van der Waals surface area contributed by atoms with Crippen molar-refractivity contribution in [3.05, 3.63) is 0 Å². The lowest BCUT2D eigenvalue weighted by atomic mass is 9.91. The molecule has 0 bridgehead atoms. The molecule has 0 aromatic carbocycles. The van der Waals surface area contributed by atoms with Crippen molar-refractivity contribution in [2.75, 3.05) is 0 Å². The lowest BCUT2D eigenvalue weighted by Crippen LogP contribution is -2.32. The Morgan fingerprint density at radius 1 is 1.25 bits per heavy atom. The molecule has 0 spiro atoms. The molecule has 0 heterocycles. The minimum Gasteiger partial charge on any atom is -0.327 e. The van der Waals surface area contributed by atoms with Crippen molar-refractivity contribution in [2.45, 2.75) is 52.0 Å². The zero-order valence-corrected chi connectivity index (χ0v) is 8.34. The Morgan fingerprint density at radius 2 is 1.75 bits per heavy atom. The summed E-state index contributed by atoms with van der Waals surface area (Å²) in [7, 11) is 0. The highest BCUT2D eigenvalue weighted by molar-refractivity contribution is 5.03. The molecule has 0 aliphatic heterocycles. The van der Waals surface area contributed by atoms with Gasteiger partial charge in [0.25, 0.3) is 0 Å². The standard InChI is InChI=1S/C11H21N/c1-11(2)7-9(11)10(12)8-5-3-4-6-8/h8-10H,3-7,12H2,1-2H3. The SMILES string of the molecule is CC1(C)CC1C(N)C1CCCC1. The average molecular weight is 167 g/mol. The molecule has 2 saturated carbocycles. The first-order chi connectivity index (χ1) is 5.61. The van der Waals surface area contributed by atoms with Gasteiger partial charge in [-0.1, -0.05) is 26.7 Å². The van der Waals surface area contributed by atoms with Crippen LogP contribution >= 0.6 is 0 Å². The van der Waals surface area contributed by atoms with E-state index in [9.17, 15) is 0 Å². The number of hydrogen-bond acceptors (Lipinski definition) is 1. The molecule has 1 heteroatoms. The first-order valence-electron chi connectivity index (χ1n) is 5.37. The van der Waals surface area contributed by atoms with Crippen LogP contribution in [-0.4, -0.2) is 6.04 Å². The van der Waals surface area contributed by atoms with Crippen molar-refractivity contribution in [2.24, 2.45) is 23.0 Å². The highest BCUT2D eigenvalue weighted by Gasteiger charge is 2.50. The molecule has 0 amide bonds. The van der Waals surface area contributed by atoms with Gasteiger partial charge in [0.15, 0.2) is 0 Å². The minimum absolute atomic E-state index is 0.516. The first-order valence-corrected chi connectivity index (χ1v) is 5.37. The highest BCUT2D eigenvalue weighted by Crippen LogP contribution is 2.55. The van der Waals surface area contributed by atoms with Crippen molar-refractivity contribution >= 4 is 0 Å². The van der Waals surface area contributed by atoms with Crippen LogP contribution < -0.4 is 5.73 Å². The van der Waals surface area contributed by atoms with E-state index in [0.717, 1.165) is 11.8 Å². The smallest absolute Gasteiger partial charge is 0.0101 e. The number of hydrogen-bond donors (Lipinski definition) is 1. The molecule has 0 aromatic heterocycles. The van der Waals surface area contributed by atoms with Crippen LogP contribution in [0, 0.1) is 17.3 Å². The monoisotopic (exact) mass is 167 g/mol. The predicted octanol–water partition coefficient (Wildman–Crippen LogP) is 2.55. The maximum Gasteiger partial charge on any atom is 0.0101 e. The lowest BCUT2D eigenvalue weighted by Gasteiger charge is -2.20. The van der Waals surface area contributed by atoms with Crippen LogP contribution in [0.4, 0.5) is 0 Å². The fourth-order valence-electron chi connectivity index (χ4n) is 2.84. The Hall–Kier alpha value is -0.0400. The maximum absolute atomic E-state index is 6.26. The molecule has 1 nitrogen and oxygen atoms in total. The molecule has 2 fully saturated rings. The second-order valence-corrected chi connectivity index (χ2v) is 5.42. The van der Waals surface area contributed by atoms with Crippen LogP contribution in [0.2, 0.25) is 0 Å². The van der Waals surface area contributed by atoms with Crippen LogP contribution in [0.15, 0.2) is 0 Å². The van der Waals surface area contributed by atoms with E-state index in [4.69, 9.17) is 5.73 Å². The summed E-state index contributed by atoms with van der Waals surface area (Å²) in [5, 5.41) is 0. The quantitative estimate of drug-likeness (QED) is 0.672. The van der Waals surface area contributed by atoms with Crippen LogP contribution in [0.3, 0.4) is 0 Å². The topological polar surface area (TPSA) is 26.0 Å². The molecule has 0 aromatic rings. The summed E-state index contributed by atoms with van der Waals surface area (Å²) >= 11 is 0. The van der Waals surface area contributed by atoms with Gasteiger partial charge in [-0.25, -0.2) is 0 Å². The van der Waals surface area contributed by atoms with Crippen molar-refractivity contribution in [1.82, 2.24) is 0 Å².